The molecule has 176 valence electrons. The third-order valence-electron chi connectivity index (χ3n) is 6.74. The number of para-hydroxylation sites is 1. The van der Waals surface area contributed by atoms with Crippen LogP contribution in [0.1, 0.15) is 62.6 Å². The zero-order valence-electron chi connectivity index (χ0n) is 20.0. The second-order valence-corrected chi connectivity index (χ2v) is 8.91. The van der Waals surface area contributed by atoms with E-state index in [1.54, 1.807) is 12.1 Å². The van der Waals surface area contributed by atoms with Gasteiger partial charge in [0.05, 0.1) is 32.0 Å². The van der Waals surface area contributed by atoms with Crippen molar-refractivity contribution in [2.75, 3.05) is 27.3 Å². The van der Waals surface area contributed by atoms with E-state index in [1.807, 2.05) is 55.5 Å². The standard InChI is InChI=1S/C27H35N3O3/c1-4-33-22-16-14-20(15-17-22)25-18-24(23-12-8-9-13-26(23)32-3)28-30(25)27(31)19-29(2)21-10-6-5-7-11-21/h8-9,12-17,21,25H,4-7,10-11,18-19H2,1-3H3/t25-/m0/s1. The Labute approximate surface area is 197 Å². The molecular weight excluding hydrogens is 414 g/mol. The largest absolute Gasteiger partial charge is 0.496 e. The second-order valence-electron chi connectivity index (χ2n) is 8.91. The first-order valence-corrected chi connectivity index (χ1v) is 12.1. The van der Waals surface area contributed by atoms with Gasteiger partial charge in [0.2, 0.25) is 0 Å². The molecule has 0 radical (unpaired) electrons. The fraction of sp³-hybridized carbons (Fsp3) is 0.481. The van der Waals surface area contributed by atoms with Gasteiger partial charge in [0, 0.05) is 18.0 Å². The van der Waals surface area contributed by atoms with Crippen molar-refractivity contribution in [1.29, 1.82) is 0 Å². The topological polar surface area (TPSA) is 54.4 Å². The number of amides is 1. The summed E-state index contributed by atoms with van der Waals surface area (Å²) in [5, 5.41) is 6.54. The summed E-state index contributed by atoms with van der Waals surface area (Å²) in [6, 6.07) is 16.2. The Morgan fingerprint density at radius 3 is 2.52 bits per heavy atom. The molecule has 1 amide bonds. The molecule has 0 bridgehead atoms. The van der Waals surface area contributed by atoms with Crippen molar-refractivity contribution >= 4 is 11.6 Å². The van der Waals surface area contributed by atoms with E-state index < -0.39 is 0 Å². The molecule has 4 rings (SSSR count). The Morgan fingerprint density at radius 2 is 1.82 bits per heavy atom. The number of rotatable bonds is 8. The van der Waals surface area contributed by atoms with Crippen molar-refractivity contribution in [1.82, 2.24) is 9.91 Å². The average Bonchev–Trinajstić information content (AvgIpc) is 3.31. The summed E-state index contributed by atoms with van der Waals surface area (Å²) in [6.07, 6.45) is 6.78. The molecule has 1 atom stereocenters. The summed E-state index contributed by atoms with van der Waals surface area (Å²) in [4.78, 5) is 15.7. The molecule has 2 aliphatic rings. The highest BCUT2D eigenvalue weighted by Gasteiger charge is 2.35. The molecule has 1 heterocycles. The first-order chi connectivity index (χ1) is 16.1. The summed E-state index contributed by atoms with van der Waals surface area (Å²) >= 11 is 0. The minimum absolute atomic E-state index is 0.0341. The lowest BCUT2D eigenvalue weighted by Gasteiger charge is -2.32. The lowest BCUT2D eigenvalue weighted by Crippen LogP contribution is -2.41. The number of carbonyl (C=O) groups is 1. The first kappa shape index (κ1) is 23.3. The van der Waals surface area contributed by atoms with Crippen LogP contribution in [0, 0.1) is 0 Å². The van der Waals surface area contributed by atoms with Crippen LogP contribution in [0.3, 0.4) is 0 Å². The maximum Gasteiger partial charge on any atom is 0.257 e. The second kappa shape index (κ2) is 10.8. The summed E-state index contributed by atoms with van der Waals surface area (Å²) in [5.41, 5.74) is 2.87. The summed E-state index contributed by atoms with van der Waals surface area (Å²) < 4.78 is 11.2. The Hall–Kier alpha value is -2.86. The van der Waals surface area contributed by atoms with E-state index in [2.05, 4.69) is 11.9 Å². The van der Waals surface area contributed by atoms with Crippen molar-refractivity contribution in [3.8, 4) is 11.5 Å². The van der Waals surface area contributed by atoms with Crippen LogP contribution < -0.4 is 9.47 Å². The lowest BCUT2D eigenvalue weighted by molar-refractivity contribution is -0.134. The van der Waals surface area contributed by atoms with Gasteiger partial charge in [-0.3, -0.25) is 9.69 Å². The molecule has 6 heteroatoms. The van der Waals surface area contributed by atoms with Gasteiger partial charge in [-0.05, 0) is 56.6 Å². The summed E-state index contributed by atoms with van der Waals surface area (Å²) in [7, 11) is 3.74. The van der Waals surface area contributed by atoms with E-state index in [0.29, 0.717) is 25.6 Å². The molecule has 2 aromatic rings. The number of carbonyl (C=O) groups excluding carboxylic acids is 1. The van der Waals surface area contributed by atoms with E-state index in [1.165, 1.54) is 32.1 Å². The van der Waals surface area contributed by atoms with Gasteiger partial charge in [0.25, 0.3) is 5.91 Å². The van der Waals surface area contributed by atoms with Crippen LogP contribution in [-0.4, -0.2) is 54.9 Å². The fourth-order valence-electron chi connectivity index (χ4n) is 4.94. The van der Waals surface area contributed by atoms with Crippen molar-refractivity contribution in [3.63, 3.8) is 0 Å². The van der Waals surface area contributed by atoms with Crippen LogP contribution >= 0.6 is 0 Å². The third kappa shape index (κ3) is 5.38. The van der Waals surface area contributed by atoms with E-state index in [0.717, 1.165) is 28.3 Å². The van der Waals surface area contributed by atoms with Gasteiger partial charge in [-0.1, -0.05) is 43.5 Å². The summed E-state index contributed by atoms with van der Waals surface area (Å²) in [5.74, 6) is 1.64. The average molecular weight is 450 g/mol. The molecule has 1 aliphatic heterocycles. The van der Waals surface area contributed by atoms with Crippen LogP contribution in [0.25, 0.3) is 0 Å². The first-order valence-electron chi connectivity index (χ1n) is 12.1. The fourth-order valence-corrected chi connectivity index (χ4v) is 4.94. The molecule has 0 spiro atoms. The SMILES string of the molecule is CCOc1ccc([C@@H]2CC(c3ccccc3OC)=NN2C(=O)CN(C)C2CCCCC2)cc1. The van der Waals surface area contributed by atoms with Crippen LogP contribution in [0.5, 0.6) is 11.5 Å². The normalized spacial score (nSPS) is 19.0. The van der Waals surface area contributed by atoms with Crippen molar-refractivity contribution < 1.29 is 14.3 Å². The highest BCUT2D eigenvalue weighted by atomic mass is 16.5. The Kier molecular flexibility index (Phi) is 7.65. The van der Waals surface area contributed by atoms with E-state index in [4.69, 9.17) is 14.6 Å². The van der Waals surface area contributed by atoms with E-state index in [9.17, 15) is 4.79 Å². The quantitative estimate of drug-likeness (QED) is 0.567. The molecule has 6 nitrogen and oxygen atoms in total. The smallest absolute Gasteiger partial charge is 0.257 e. The Bertz CT molecular complexity index is 967. The van der Waals surface area contributed by atoms with Gasteiger partial charge in [-0.25, -0.2) is 5.01 Å². The molecule has 2 aromatic carbocycles. The lowest BCUT2D eigenvalue weighted by atomic mass is 9.94. The van der Waals surface area contributed by atoms with Gasteiger partial charge in [0.15, 0.2) is 0 Å². The summed E-state index contributed by atoms with van der Waals surface area (Å²) in [6.45, 7) is 2.98. The van der Waals surface area contributed by atoms with Crippen molar-refractivity contribution in [3.05, 3.63) is 59.7 Å². The van der Waals surface area contributed by atoms with Gasteiger partial charge >= 0.3 is 0 Å². The Morgan fingerprint density at radius 1 is 1.09 bits per heavy atom. The molecule has 0 unspecified atom stereocenters. The molecule has 0 saturated heterocycles. The monoisotopic (exact) mass is 449 g/mol. The number of benzene rings is 2. The van der Waals surface area contributed by atoms with E-state index in [-0.39, 0.29) is 11.9 Å². The number of methoxy groups -OCH3 is 1. The van der Waals surface area contributed by atoms with Crippen LogP contribution in [0.2, 0.25) is 0 Å². The van der Waals surface area contributed by atoms with Crippen LogP contribution in [0.15, 0.2) is 53.6 Å². The van der Waals surface area contributed by atoms with Gasteiger partial charge in [-0.2, -0.15) is 5.10 Å². The molecular formula is C27H35N3O3. The van der Waals surface area contributed by atoms with Crippen LogP contribution in [-0.2, 0) is 4.79 Å². The molecule has 0 N–H and O–H groups in total. The zero-order chi connectivity index (χ0) is 23.2. The molecule has 33 heavy (non-hydrogen) atoms. The van der Waals surface area contributed by atoms with Crippen LogP contribution in [0.4, 0.5) is 0 Å². The predicted molar refractivity (Wildman–Crippen MR) is 131 cm³/mol. The maximum atomic E-state index is 13.5. The van der Waals surface area contributed by atoms with Crippen molar-refractivity contribution in [2.24, 2.45) is 5.10 Å². The number of hydrogen-bond donors (Lipinski definition) is 0. The maximum absolute atomic E-state index is 13.5. The highest BCUT2D eigenvalue weighted by Crippen LogP contribution is 2.36. The number of nitrogens with zero attached hydrogens (tertiary/aromatic N) is 3. The number of likely N-dealkylation sites (N-methyl/N-ethyl adjacent to an activating group) is 1. The zero-order valence-corrected chi connectivity index (χ0v) is 20.0. The van der Waals surface area contributed by atoms with Crippen molar-refractivity contribution in [2.45, 2.75) is 57.5 Å². The van der Waals surface area contributed by atoms with Gasteiger partial charge < -0.3 is 9.47 Å². The number of hydrazone groups is 1. The molecule has 1 aliphatic carbocycles. The van der Waals surface area contributed by atoms with Gasteiger partial charge in [-0.15, -0.1) is 0 Å². The van der Waals surface area contributed by atoms with Gasteiger partial charge in [0.1, 0.15) is 11.5 Å². The highest BCUT2D eigenvalue weighted by molar-refractivity contribution is 6.05. The minimum Gasteiger partial charge on any atom is -0.496 e. The molecule has 1 fully saturated rings. The number of ether oxygens (including phenoxy) is 2. The molecule has 0 aromatic heterocycles. The van der Waals surface area contributed by atoms with E-state index >= 15 is 0 Å². The molecule has 1 saturated carbocycles. The minimum atomic E-state index is -0.146. The number of hydrogen-bond acceptors (Lipinski definition) is 5. The predicted octanol–water partition coefficient (Wildman–Crippen LogP) is 5.04. The third-order valence-corrected chi connectivity index (χ3v) is 6.74. The Balaban J connectivity index is 1.59.